The van der Waals surface area contributed by atoms with Crippen LogP contribution in [0.15, 0.2) is 0 Å². The average molecular weight is 675 g/mol. The molecule has 2 unspecified atom stereocenters. The molecule has 16 heteroatoms. The molecule has 38 heavy (non-hydrogen) atoms. The first kappa shape index (κ1) is 37.4. The molecule has 3 aliphatic rings. The van der Waals surface area contributed by atoms with Crippen molar-refractivity contribution in [2.75, 3.05) is 79.3 Å². The molecule has 0 aromatic rings. The molecule has 0 aromatic heterocycles. The molecule has 2 atom stereocenters. The van der Waals surface area contributed by atoms with Crippen molar-refractivity contribution in [1.29, 1.82) is 0 Å². The van der Waals surface area contributed by atoms with E-state index in [0.717, 1.165) is 26.4 Å². The summed E-state index contributed by atoms with van der Waals surface area (Å²) in [4.78, 5) is 0. The van der Waals surface area contributed by atoms with Crippen LogP contribution in [0.5, 0.6) is 0 Å². The Kier molecular flexibility index (Phi) is 18.5. The van der Waals surface area contributed by atoms with Crippen LogP contribution in [-0.4, -0.2) is 154 Å². The number of epoxide rings is 2. The minimum Gasteiger partial charge on any atom is -0.396 e. The lowest BCUT2D eigenvalue weighted by molar-refractivity contribution is -0.103. The van der Waals surface area contributed by atoms with Crippen molar-refractivity contribution < 1.29 is 49.6 Å². The Balaban J connectivity index is 0.000000298. The van der Waals surface area contributed by atoms with Gasteiger partial charge in [0.05, 0.1) is 122 Å². The Hall–Kier alpha value is 1.34. The molecule has 2 aliphatic heterocycles. The van der Waals surface area contributed by atoms with Crippen molar-refractivity contribution in [2.24, 2.45) is 10.8 Å². The summed E-state index contributed by atoms with van der Waals surface area (Å²) in [6.07, 6.45) is 0.785. The van der Waals surface area contributed by atoms with Gasteiger partial charge in [0.15, 0.2) is 0 Å². The van der Waals surface area contributed by atoms with Crippen LogP contribution in [0.25, 0.3) is 0 Å². The van der Waals surface area contributed by atoms with E-state index < -0.39 is 82.7 Å². The van der Waals surface area contributed by atoms with Gasteiger partial charge in [-0.25, -0.2) is 0 Å². The van der Waals surface area contributed by atoms with Gasteiger partial charge >= 0.3 is 0 Å². The van der Waals surface area contributed by atoms with Crippen LogP contribution in [0.3, 0.4) is 0 Å². The molecule has 10 nitrogen and oxygen atoms in total. The first-order chi connectivity index (χ1) is 18.0. The van der Waals surface area contributed by atoms with Crippen LogP contribution in [0.2, 0.25) is 0 Å². The maximum Gasteiger partial charge on any atom is 0.104 e. The molecule has 0 bridgehead atoms. The standard InChI is InChI=1S/C10H22O7.C6H6Cl6.C6H10O3/c11-1-9(2-12,3-13)7-17-8-10(4-14,5-15)6-16;7-1-2(8)4(10)6(12)5(11)3(1)9;1(5-3-8-5)7-2-6-4-9-6/h11-16H,1-8H2;1-6H;5-6H,1-4H2. The van der Waals surface area contributed by atoms with Crippen LogP contribution in [0.4, 0.5) is 0 Å². The Labute approximate surface area is 252 Å². The molecule has 3 fully saturated rings. The number of aliphatic hydroxyl groups excluding tert-OH is 6. The summed E-state index contributed by atoms with van der Waals surface area (Å²) in [5.74, 6) is 0. The van der Waals surface area contributed by atoms with Gasteiger partial charge in [-0.15, -0.1) is 69.6 Å². The monoisotopic (exact) mass is 672 g/mol. The van der Waals surface area contributed by atoms with Gasteiger partial charge in [-0.1, -0.05) is 0 Å². The van der Waals surface area contributed by atoms with Gasteiger partial charge in [0.1, 0.15) is 12.2 Å². The second kappa shape index (κ2) is 18.8. The molecule has 2 heterocycles. The van der Waals surface area contributed by atoms with Crippen LogP contribution in [0, 0.1) is 10.8 Å². The topological polar surface area (TPSA) is 165 Å². The highest BCUT2D eigenvalue weighted by molar-refractivity contribution is 6.45. The Morgan fingerprint density at radius 1 is 0.500 bits per heavy atom. The van der Waals surface area contributed by atoms with E-state index in [2.05, 4.69) is 0 Å². The van der Waals surface area contributed by atoms with Crippen molar-refractivity contribution in [1.82, 2.24) is 0 Å². The first-order valence-electron chi connectivity index (χ1n) is 11.9. The van der Waals surface area contributed by atoms with E-state index in [1.165, 1.54) is 0 Å². The smallest absolute Gasteiger partial charge is 0.104 e. The minimum absolute atomic E-state index is 0.141. The summed E-state index contributed by atoms with van der Waals surface area (Å²) in [6.45, 7) is 0.255. The highest BCUT2D eigenvalue weighted by atomic mass is 35.5. The SMILES string of the molecule is C(OCC1CO1)C1CO1.ClC1C(Cl)C(Cl)C(Cl)C(Cl)C1Cl.OCC(CO)(CO)COCC(CO)(CO)CO. The fraction of sp³-hybridized carbons (Fsp3) is 1.00. The van der Waals surface area contributed by atoms with E-state index in [1.54, 1.807) is 0 Å². The zero-order valence-corrected chi connectivity index (χ0v) is 25.2. The summed E-state index contributed by atoms with van der Waals surface area (Å²) in [5, 5.41) is 51.6. The third-order valence-electron chi connectivity index (χ3n) is 6.07. The van der Waals surface area contributed by atoms with Crippen LogP contribution < -0.4 is 0 Å². The molecule has 1 aliphatic carbocycles. The van der Waals surface area contributed by atoms with E-state index in [1.807, 2.05) is 0 Å². The molecule has 1 saturated carbocycles. The van der Waals surface area contributed by atoms with Crippen molar-refractivity contribution in [3.63, 3.8) is 0 Å². The molecule has 0 spiro atoms. The summed E-state index contributed by atoms with van der Waals surface area (Å²) in [7, 11) is 0. The third-order valence-corrected chi connectivity index (χ3v) is 10.1. The highest BCUT2D eigenvalue weighted by Gasteiger charge is 2.47. The van der Waals surface area contributed by atoms with Crippen molar-refractivity contribution in [3.8, 4) is 0 Å². The van der Waals surface area contributed by atoms with Crippen molar-refractivity contribution >= 4 is 69.6 Å². The van der Waals surface area contributed by atoms with E-state index in [-0.39, 0.29) is 13.2 Å². The third kappa shape index (κ3) is 12.3. The maximum absolute atomic E-state index is 9.03. The maximum atomic E-state index is 9.03. The molecule has 0 aromatic carbocycles. The fourth-order valence-corrected chi connectivity index (χ4v) is 5.10. The van der Waals surface area contributed by atoms with E-state index in [0.29, 0.717) is 12.2 Å². The van der Waals surface area contributed by atoms with Gasteiger partial charge in [-0.3, -0.25) is 0 Å². The molecule has 0 radical (unpaired) electrons. The van der Waals surface area contributed by atoms with E-state index in [9.17, 15) is 0 Å². The molecule has 0 amide bonds. The normalized spacial score (nSPS) is 32.5. The van der Waals surface area contributed by atoms with E-state index >= 15 is 0 Å². The van der Waals surface area contributed by atoms with Crippen LogP contribution in [-0.2, 0) is 18.9 Å². The fourth-order valence-electron chi connectivity index (χ4n) is 2.77. The number of ether oxygens (including phenoxy) is 4. The molecule has 2 saturated heterocycles. The Morgan fingerprint density at radius 2 is 0.737 bits per heavy atom. The van der Waals surface area contributed by atoms with Gasteiger partial charge < -0.3 is 49.6 Å². The van der Waals surface area contributed by atoms with Gasteiger partial charge in [0, 0.05) is 0 Å². The largest absolute Gasteiger partial charge is 0.396 e. The molecular weight excluding hydrogens is 637 g/mol. The van der Waals surface area contributed by atoms with Gasteiger partial charge in [-0.05, 0) is 0 Å². The average Bonchev–Trinajstić information content (AvgIpc) is 3.88. The summed E-state index contributed by atoms with van der Waals surface area (Å²) in [6, 6.07) is 0. The highest BCUT2D eigenvalue weighted by Crippen LogP contribution is 2.39. The lowest BCUT2D eigenvalue weighted by Crippen LogP contribution is -2.52. The van der Waals surface area contributed by atoms with Gasteiger partial charge in [0.25, 0.3) is 0 Å². The van der Waals surface area contributed by atoms with Crippen molar-refractivity contribution in [2.45, 2.75) is 44.5 Å². The number of hydrogen-bond acceptors (Lipinski definition) is 10. The summed E-state index contributed by atoms with van der Waals surface area (Å²) in [5.41, 5.74) is -2.32. The second-order valence-electron chi connectivity index (χ2n) is 9.56. The second-order valence-corrected chi connectivity index (χ2v) is 12.6. The van der Waals surface area contributed by atoms with Gasteiger partial charge in [-0.2, -0.15) is 0 Å². The van der Waals surface area contributed by atoms with Gasteiger partial charge in [0.2, 0.25) is 0 Å². The zero-order chi connectivity index (χ0) is 28.9. The van der Waals surface area contributed by atoms with Crippen LogP contribution in [0.1, 0.15) is 0 Å². The summed E-state index contributed by atoms with van der Waals surface area (Å²) < 4.78 is 20.3. The Morgan fingerprint density at radius 3 is 0.921 bits per heavy atom. The number of aliphatic hydroxyl groups is 6. The number of rotatable bonds is 14. The zero-order valence-electron chi connectivity index (χ0n) is 20.7. The predicted octanol–water partition coefficient (Wildman–Crippen LogP) is 0.375. The molecular formula is C22H38Cl6O10. The number of alkyl halides is 6. The lowest BCUT2D eigenvalue weighted by Gasteiger charge is -2.37. The minimum atomic E-state index is -1.16. The quantitative estimate of drug-likeness (QED) is 0.112. The number of hydrogen-bond donors (Lipinski definition) is 6. The molecule has 6 N–H and O–H groups in total. The molecule has 3 rings (SSSR count). The Bertz CT molecular complexity index is 518. The lowest BCUT2D eigenvalue weighted by atomic mass is 9.91. The summed E-state index contributed by atoms with van der Waals surface area (Å²) >= 11 is 35.3. The number of halogens is 6. The van der Waals surface area contributed by atoms with E-state index in [4.69, 9.17) is 119 Å². The van der Waals surface area contributed by atoms with Crippen LogP contribution >= 0.6 is 69.6 Å². The molecule has 228 valence electrons. The predicted molar refractivity (Wildman–Crippen MR) is 146 cm³/mol. The first-order valence-corrected chi connectivity index (χ1v) is 14.5. The van der Waals surface area contributed by atoms with Crippen molar-refractivity contribution in [3.05, 3.63) is 0 Å².